The van der Waals surface area contributed by atoms with Gasteiger partial charge in [0.2, 0.25) is 5.91 Å². The van der Waals surface area contributed by atoms with Crippen LogP contribution >= 0.6 is 0 Å². The van der Waals surface area contributed by atoms with Gasteiger partial charge in [-0.15, -0.1) is 0 Å². The Morgan fingerprint density at radius 3 is 2.82 bits per heavy atom. The van der Waals surface area contributed by atoms with Crippen molar-refractivity contribution in [1.82, 2.24) is 4.90 Å². The fourth-order valence-electron chi connectivity index (χ4n) is 2.77. The lowest BCUT2D eigenvalue weighted by Gasteiger charge is -2.35. The second-order valence-corrected chi connectivity index (χ2v) is 5.55. The number of nitrogens with two attached hydrogens (primary N) is 1. The quantitative estimate of drug-likeness (QED) is 0.784. The van der Waals surface area contributed by atoms with Gasteiger partial charge in [-0.3, -0.25) is 4.79 Å². The second kappa shape index (κ2) is 5.83. The topological polar surface area (TPSA) is 55.6 Å². The van der Waals surface area contributed by atoms with Gasteiger partial charge in [0, 0.05) is 32.7 Å². The largest absolute Gasteiger partial charge is 0.378 e. The molecule has 1 heterocycles. The third kappa shape index (κ3) is 3.68. The highest BCUT2D eigenvalue weighted by molar-refractivity contribution is 5.75. The van der Waals surface area contributed by atoms with Gasteiger partial charge < -0.3 is 15.4 Å². The van der Waals surface area contributed by atoms with E-state index in [0.717, 1.165) is 45.3 Å². The highest BCUT2D eigenvalue weighted by Crippen LogP contribution is 2.26. The zero-order valence-electron chi connectivity index (χ0n) is 10.7. The maximum absolute atomic E-state index is 11.9. The maximum atomic E-state index is 11.9. The minimum absolute atomic E-state index is 0.251. The number of amides is 1. The Hall–Kier alpha value is -0.610. The maximum Gasteiger partial charge on any atom is 0.222 e. The standard InChI is InChI=1S/C13H24N2O2/c1-15(9-10-7-11(14)8-10)13(16)5-4-12-3-2-6-17-12/h10-12H,2-9,14H2,1H3. The fraction of sp³-hybridized carbons (Fsp3) is 0.923. The molecule has 1 aliphatic heterocycles. The summed E-state index contributed by atoms with van der Waals surface area (Å²) in [6.45, 7) is 1.74. The summed E-state index contributed by atoms with van der Waals surface area (Å²) in [6.07, 6.45) is 6.24. The van der Waals surface area contributed by atoms with Gasteiger partial charge in [0.15, 0.2) is 0 Å². The summed E-state index contributed by atoms with van der Waals surface area (Å²) in [5.74, 6) is 0.877. The Morgan fingerprint density at radius 2 is 2.24 bits per heavy atom. The molecule has 0 aromatic carbocycles. The number of ether oxygens (including phenoxy) is 1. The summed E-state index contributed by atoms with van der Waals surface area (Å²) in [7, 11) is 1.90. The van der Waals surface area contributed by atoms with E-state index >= 15 is 0 Å². The second-order valence-electron chi connectivity index (χ2n) is 5.55. The first-order chi connectivity index (χ1) is 8.15. The number of carbonyl (C=O) groups excluding carboxylic acids is 1. The van der Waals surface area contributed by atoms with Gasteiger partial charge in [-0.05, 0) is 38.0 Å². The smallest absolute Gasteiger partial charge is 0.222 e. The molecule has 1 saturated heterocycles. The molecule has 2 fully saturated rings. The van der Waals surface area contributed by atoms with Crippen molar-refractivity contribution < 1.29 is 9.53 Å². The van der Waals surface area contributed by atoms with Crippen LogP contribution in [-0.2, 0) is 9.53 Å². The predicted molar refractivity (Wildman–Crippen MR) is 66.5 cm³/mol. The van der Waals surface area contributed by atoms with E-state index in [2.05, 4.69) is 0 Å². The summed E-state index contributed by atoms with van der Waals surface area (Å²) < 4.78 is 5.52. The molecule has 98 valence electrons. The molecule has 2 rings (SSSR count). The van der Waals surface area contributed by atoms with Crippen molar-refractivity contribution in [3.8, 4) is 0 Å². The molecule has 0 spiro atoms. The van der Waals surface area contributed by atoms with Crippen LogP contribution in [0, 0.1) is 5.92 Å². The molecule has 0 bridgehead atoms. The molecule has 0 aromatic heterocycles. The highest BCUT2D eigenvalue weighted by Gasteiger charge is 2.28. The van der Waals surface area contributed by atoms with Crippen LogP contribution in [0.2, 0.25) is 0 Å². The van der Waals surface area contributed by atoms with Crippen LogP contribution in [-0.4, -0.2) is 43.2 Å². The number of rotatable bonds is 5. The van der Waals surface area contributed by atoms with Crippen LogP contribution in [0.1, 0.15) is 38.5 Å². The first-order valence-electron chi connectivity index (χ1n) is 6.76. The summed E-state index contributed by atoms with van der Waals surface area (Å²) in [5, 5.41) is 0. The van der Waals surface area contributed by atoms with E-state index in [1.807, 2.05) is 11.9 Å². The van der Waals surface area contributed by atoms with E-state index in [0.29, 0.717) is 24.5 Å². The Balaban J connectivity index is 1.61. The minimum Gasteiger partial charge on any atom is -0.378 e. The number of hydrogen-bond donors (Lipinski definition) is 1. The first kappa shape index (κ1) is 12.8. The van der Waals surface area contributed by atoms with E-state index < -0.39 is 0 Å². The van der Waals surface area contributed by atoms with Crippen molar-refractivity contribution in [2.75, 3.05) is 20.2 Å². The molecule has 1 amide bonds. The summed E-state index contributed by atoms with van der Waals surface area (Å²) in [4.78, 5) is 13.8. The molecule has 4 nitrogen and oxygen atoms in total. The number of nitrogens with zero attached hydrogens (tertiary/aromatic N) is 1. The first-order valence-corrected chi connectivity index (χ1v) is 6.76. The Morgan fingerprint density at radius 1 is 1.47 bits per heavy atom. The van der Waals surface area contributed by atoms with Crippen molar-refractivity contribution in [3.05, 3.63) is 0 Å². The van der Waals surface area contributed by atoms with Gasteiger partial charge >= 0.3 is 0 Å². The van der Waals surface area contributed by atoms with Crippen LogP contribution in [0.4, 0.5) is 0 Å². The lowest BCUT2D eigenvalue weighted by atomic mass is 9.80. The molecule has 1 aliphatic carbocycles. The third-order valence-electron chi connectivity index (χ3n) is 3.93. The molecule has 1 unspecified atom stereocenters. The van der Waals surface area contributed by atoms with Crippen molar-refractivity contribution >= 4 is 5.91 Å². The lowest BCUT2D eigenvalue weighted by molar-refractivity contribution is -0.131. The monoisotopic (exact) mass is 240 g/mol. The van der Waals surface area contributed by atoms with E-state index in [9.17, 15) is 4.79 Å². The van der Waals surface area contributed by atoms with Crippen molar-refractivity contribution in [2.45, 2.75) is 50.7 Å². The summed E-state index contributed by atoms with van der Waals surface area (Å²) in [6, 6.07) is 0.371. The molecule has 17 heavy (non-hydrogen) atoms. The zero-order chi connectivity index (χ0) is 12.3. The van der Waals surface area contributed by atoms with E-state index in [-0.39, 0.29) is 5.91 Å². The van der Waals surface area contributed by atoms with Crippen LogP contribution in [0.15, 0.2) is 0 Å². The van der Waals surface area contributed by atoms with Gasteiger partial charge in [0.25, 0.3) is 0 Å². The molecule has 4 heteroatoms. The van der Waals surface area contributed by atoms with E-state index in [1.165, 1.54) is 0 Å². The van der Waals surface area contributed by atoms with Crippen molar-refractivity contribution in [3.63, 3.8) is 0 Å². The summed E-state index contributed by atoms with van der Waals surface area (Å²) >= 11 is 0. The van der Waals surface area contributed by atoms with Crippen molar-refractivity contribution in [2.24, 2.45) is 11.7 Å². The third-order valence-corrected chi connectivity index (χ3v) is 3.93. The van der Waals surface area contributed by atoms with Gasteiger partial charge in [-0.1, -0.05) is 0 Å². The average molecular weight is 240 g/mol. The molecular formula is C13H24N2O2. The van der Waals surface area contributed by atoms with Crippen LogP contribution < -0.4 is 5.73 Å². The number of carbonyl (C=O) groups is 1. The van der Waals surface area contributed by atoms with Crippen LogP contribution in [0.25, 0.3) is 0 Å². The van der Waals surface area contributed by atoms with Crippen LogP contribution in [0.5, 0.6) is 0 Å². The van der Waals surface area contributed by atoms with Crippen molar-refractivity contribution in [1.29, 1.82) is 0 Å². The Bertz CT molecular complexity index is 258. The molecule has 0 radical (unpaired) electrons. The van der Waals surface area contributed by atoms with Gasteiger partial charge in [0.05, 0.1) is 6.10 Å². The molecule has 2 aliphatic rings. The molecule has 1 atom stereocenters. The SMILES string of the molecule is CN(CC1CC(N)C1)C(=O)CCC1CCCO1. The normalized spacial score (nSPS) is 32.2. The van der Waals surface area contributed by atoms with Gasteiger partial charge in [0.1, 0.15) is 0 Å². The fourth-order valence-corrected chi connectivity index (χ4v) is 2.77. The molecule has 1 saturated carbocycles. The lowest BCUT2D eigenvalue weighted by Crippen LogP contribution is -2.43. The van der Waals surface area contributed by atoms with Gasteiger partial charge in [-0.2, -0.15) is 0 Å². The molecule has 2 N–H and O–H groups in total. The number of hydrogen-bond acceptors (Lipinski definition) is 3. The Kier molecular flexibility index (Phi) is 4.40. The zero-order valence-corrected chi connectivity index (χ0v) is 10.7. The average Bonchev–Trinajstić information content (AvgIpc) is 2.76. The summed E-state index contributed by atoms with van der Waals surface area (Å²) in [5.41, 5.74) is 5.74. The minimum atomic E-state index is 0.251. The van der Waals surface area contributed by atoms with E-state index in [4.69, 9.17) is 10.5 Å². The highest BCUT2D eigenvalue weighted by atomic mass is 16.5. The van der Waals surface area contributed by atoms with E-state index in [1.54, 1.807) is 0 Å². The molecular weight excluding hydrogens is 216 g/mol. The van der Waals surface area contributed by atoms with Crippen LogP contribution in [0.3, 0.4) is 0 Å². The Labute approximate surface area is 103 Å². The van der Waals surface area contributed by atoms with Gasteiger partial charge in [-0.25, -0.2) is 0 Å². The molecule has 0 aromatic rings. The predicted octanol–water partition coefficient (Wildman–Crippen LogP) is 1.14.